The molecule has 0 aromatic heterocycles. The van der Waals surface area contributed by atoms with Crippen molar-refractivity contribution in [3.8, 4) is 23.3 Å². The fraction of sp³-hybridized carbons (Fsp3) is 0.500. The minimum absolute atomic E-state index is 0.283. The Morgan fingerprint density at radius 1 is 1.20 bits per heavy atom. The number of rotatable bonds is 10. The molecular formula is C22H30O3. The SMILES string of the molecule is CC#CCCC(=O)Oc1ccccc1OCC[C@H](C)CCC=C(C)C. The fourth-order valence-electron chi connectivity index (χ4n) is 2.29. The summed E-state index contributed by atoms with van der Waals surface area (Å²) < 4.78 is 11.2. The second-order valence-corrected chi connectivity index (χ2v) is 6.45. The first kappa shape index (κ1) is 20.8. The van der Waals surface area contributed by atoms with Gasteiger partial charge in [0.1, 0.15) is 0 Å². The standard InChI is InChI=1S/C22H30O3/c1-5-6-7-15-22(23)25-21-14-9-8-13-20(21)24-17-16-19(4)12-10-11-18(2)3/h8-9,11,13-14,19H,7,10,12,15-17H2,1-4H3/t19-/m1/s1. The van der Waals surface area contributed by atoms with Gasteiger partial charge in [0.05, 0.1) is 13.0 Å². The highest BCUT2D eigenvalue weighted by Crippen LogP contribution is 2.27. The van der Waals surface area contributed by atoms with Gasteiger partial charge in [-0.15, -0.1) is 11.8 Å². The Morgan fingerprint density at radius 3 is 2.60 bits per heavy atom. The minimum Gasteiger partial charge on any atom is -0.490 e. The van der Waals surface area contributed by atoms with Crippen molar-refractivity contribution < 1.29 is 14.3 Å². The van der Waals surface area contributed by atoms with Crippen LogP contribution in [0.1, 0.15) is 59.8 Å². The quantitative estimate of drug-likeness (QED) is 0.242. The lowest BCUT2D eigenvalue weighted by molar-refractivity contribution is -0.134. The van der Waals surface area contributed by atoms with Crippen molar-refractivity contribution in [3.63, 3.8) is 0 Å². The van der Waals surface area contributed by atoms with E-state index in [0.29, 0.717) is 30.4 Å². The van der Waals surface area contributed by atoms with Crippen LogP contribution >= 0.6 is 0 Å². The lowest BCUT2D eigenvalue weighted by Crippen LogP contribution is -2.09. The van der Waals surface area contributed by atoms with Crippen LogP contribution in [0.25, 0.3) is 0 Å². The Balaban J connectivity index is 2.44. The summed E-state index contributed by atoms with van der Waals surface area (Å²) in [5, 5.41) is 0. The van der Waals surface area contributed by atoms with Gasteiger partial charge in [0, 0.05) is 6.42 Å². The Bertz CT molecular complexity index is 616. The van der Waals surface area contributed by atoms with Crippen molar-refractivity contribution in [1.29, 1.82) is 0 Å². The Morgan fingerprint density at radius 2 is 1.92 bits per heavy atom. The van der Waals surface area contributed by atoms with Crippen molar-refractivity contribution in [2.24, 2.45) is 5.92 Å². The van der Waals surface area contributed by atoms with Crippen molar-refractivity contribution in [2.45, 2.75) is 59.8 Å². The van der Waals surface area contributed by atoms with E-state index in [9.17, 15) is 4.79 Å². The summed E-state index contributed by atoms with van der Waals surface area (Å²) >= 11 is 0. The van der Waals surface area contributed by atoms with Gasteiger partial charge in [-0.2, -0.15) is 0 Å². The summed E-state index contributed by atoms with van der Waals surface area (Å²) in [5.41, 5.74) is 1.36. The molecule has 0 saturated carbocycles. The summed E-state index contributed by atoms with van der Waals surface area (Å²) in [6.45, 7) is 8.87. The Kier molecular flexibility index (Phi) is 10.2. The van der Waals surface area contributed by atoms with Crippen LogP contribution in [-0.2, 0) is 4.79 Å². The first-order valence-electron chi connectivity index (χ1n) is 8.98. The number of para-hydroxylation sites is 2. The molecule has 1 atom stereocenters. The molecule has 0 aliphatic heterocycles. The van der Waals surface area contributed by atoms with Gasteiger partial charge in [0.2, 0.25) is 0 Å². The van der Waals surface area contributed by atoms with Crippen LogP contribution in [0.5, 0.6) is 11.5 Å². The number of benzene rings is 1. The molecule has 3 heteroatoms. The van der Waals surface area contributed by atoms with Crippen molar-refractivity contribution in [2.75, 3.05) is 6.61 Å². The predicted octanol–water partition coefficient (Wildman–Crippen LogP) is 5.55. The van der Waals surface area contributed by atoms with Gasteiger partial charge in [-0.3, -0.25) is 4.79 Å². The second-order valence-electron chi connectivity index (χ2n) is 6.45. The zero-order valence-corrected chi connectivity index (χ0v) is 15.9. The van der Waals surface area contributed by atoms with E-state index in [1.807, 2.05) is 18.2 Å². The van der Waals surface area contributed by atoms with E-state index in [-0.39, 0.29) is 12.4 Å². The highest BCUT2D eigenvalue weighted by molar-refractivity contribution is 5.73. The molecule has 0 fully saturated rings. The van der Waals surface area contributed by atoms with E-state index in [2.05, 4.69) is 38.7 Å². The number of esters is 1. The third-order valence-electron chi connectivity index (χ3n) is 3.78. The molecule has 0 amide bonds. The molecule has 25 heavy (non-hydrogen) atoms. The number of allylic oxidation sites excluding steroid dienone is 2. The highest BCUT2D eigenvalue weighted by Gasteiger charge is 2.10. The molecule has 0 bridgehead atoms. The molecule has 1 aromatic rings. The Hall–Kier alpha value is -2.21. The van der Waals surface area contributed by atoms with Crippen LogP contribution < -0.4 is 9.47 Å². The average molecular weight is 342 g/mol. The third kappa shape index (κ3) is 9.62. The monoisotopic (exact) mass is 342 g/mol. The van der Waals surface area contributed by atoms with Gasteiger partial charge >= 0.3 is 5.97 Å². The van der Waals surface area contributed by atoms with Crippen LogP contribution in [0.4, 0.5) is 0 Å². The molecule has 136 valence electrons. The molecule has 0 heterocycles. The number of ether oxygens (including phenoxy) is 2. The van der Waals surface area contributed by atoms with Gasteiger partial charge in [-0.25, -0.2) is 0 Å². The summed E-state index contributed by atoms with van der Waals surface area (Å²) in [4.78, 5) is 11.8. The summed E-state index contributed by atoms with van der Waals surface area (Å²) in [5.74, 6) is 7.05. The topological polar surface area (TPSA) is 35.5 Å². The molecular weight excluding hydrogens is 312 g/mol. The number of hydrogen-bond donors (Lipinski definition) is 0. The number of hydrogen-bond acceptors (Lipinski definition) is 3. The van der Waals surface area contributed by atoms with Crippen LogP contribution in [0, 0.1) is 17.8 Å². The second kappa shape index (κ2) is 12.2. The van der Waals surface area contributed by atoms with Gasteiger partial charge < -0.3 is 9.47 Å². The molecule has 0 aliphatic rings. The van der Waals surface area contributed by atoms with Gasteiger partial charge in [-0.05, 0) is 58.1 Å². The zero-order chi connectivity index (χ0) is 18.5. The van der Waals surface area contributed by atoms with Gasteiger partial charge in [-0.1, -0.05) is 30.7 Å². The molecule has 0 unspecified atom stereocenters. The summed E-state index contributed by atoms with van der Waals surface area (Å²) in [6, 6.07) is 7.32. The van der Waals surface area contributed by atoms with Crippen LogP contribution in [-0.4, -0.2) is 12.6 Å². The maximum Gasteiger partial charge on any atom is 0.312 e. The van der Waals surface area contributed by atoms with E-state index >= 15 is 0 Å². The van der Waals surface area contributed by atoms with Crippen LogP contribution in [0.15, 0.2) is 35.9 Å². The van der Waals surface area contributed by atoms with Crippen molar-refractivity contribution >= 4 is 5.97 Å². The Labute approximate surface area is 152 Å². The smallest absolute Gasteiger partial charge is 0.312 e. The molecule has 0 spiro atoms. The molecule has 0 aliphatic carbocycles. The van der Waals surface area contributed by atoms with E-state index in [1.54, 1.807) is 13.0 Å². The van der Waals surface area contributed by atoms with Crippen LogP contribution in [0.3, 0.4) is 0 Å². The van der Waals surface area contributed by atoms with E-state index < -0.39 is 0 Å². The first-order valence-corrected chi connectivity index (χ1v) is 8.98. The highest BCUT2D eigenvalue weighted by atomic mass is 16.6. The third-order valence-corrected chi connectivity index (χ3v) is 3.78. The van der Waals surface area contributed by atoms with E-state index in [1.165, 1.54) is 5.57 Å². The summed E-state index contributed by atoms with van der Waals surface area (Å²) in [7, 11) is 0. The maximum absolute atomic E-state index is 11.8. The average Bonchev–Trinajstić information content (AvgIpc) is 2.56. The number of carbonyl (C=O) groups excluding carboxylic acids is 1. The summed E-state index contributed by atoms with van der Waals surface area (Å²) in [6.07, 6.45) is 6.32. The largest absolute Gasteiger partial charge is 0.490 e. The molecule has 0 N–H and O–H groups in total. The van der Waals surface area contributed by atoms with Gasteiger partial charge in [0.25, 0.3) is 0 Å². The molecule has 1 aromatic carbocycles. The van der Waals surface area contributed by atoms with E-state index in [4.69, 9.17) is 9.47 Å². The lowest BCUT2D eigenvalue weighted by atomic mass is 10.0. The van der Waals surface area contributed by atoms with Gasteiger partial charge in [0.15, 0.2) is 11.5 Å². The molecule has 0 radical (unpaired) electrons. The van der Waals surface area contributed by atoms with E-state index in [0.717, 1.165) is 19.3 Å². The lowest BCUT2D eigenvalue weighted by Gasteiger charge is -2.14. The molecule has 0 saturated heterocycles. The van der Waals surface area contributed by atoms with Crippen LogP contribution in [0.2, 0.25) is 0 Å². The maximum atomic E-state index is 11.8. The minimum atomic E-state index is -0.283. The van der Waals surface area contributed by atoms with Crippen molar-refractivity contribution in [3.05, 3.63) is 35.9 Å². The zero-order valence-electron chi connectivity index (χ0n) is 15.9. The predicted molar refractivity (Wildman–Crippen MR) is 103 cm³/mol. The fourth-order valence-corrected chi connectivity index (χ4v) is 2.29. The van der Waals surface area contributed by atoms with Crippen molar-refractivity contribution in [1.82, 2.24) is 0 Å². The first-order chi connectivity index (χ1) is 12.0. The molecule has 3 nitrogen and oxygen atoms in total. The number of carbonyl (C=O) groups is 1. The molecule has 1 rings (SSSR count). The normalized spacial score (nSPS) is 11.0.